The van der Waals surface area contributed by atoms with Gasteiger partial charge in [0.2, 0.25) is 11.8 Å². The number of piperidine rings is 1. The van der Waals surface area contributed by atoms with Crippen LogP contribution < -0.4 is 10.6 Å². The van der Waals surface area contributed by atoms with Crippen molar-refractivity contribution in [2.45, 2.75) is 52.2 Å². The molecule has 1 aliphatic rings. The van der Waals surface area contributed by atoms with Crippen LogP contribution in [0.25, 0.3) is 0 Å². The summed E-state index contributed by atoms with van der Waals surface area (Å²) in [5.41, 5.74) is 3.36. The topological polar surface area (TPSA) is 61.4 Å². The fourth-order valence-corrected chi connectivity index (χ4v) is 4.19. The van der Waals surface area contributed by atoms with Gasteiger partial charge in [0.05, 0.1) is 12.5 Å². The summed E-state index contributed by atoms with van der Waals surface area (Å²) < 4.78 is 0. The van der Waals surface area contributed by atoms with E-state index in [4.69, 9.17) is 0 Å². The molecule has 0 bridgehead atoms. The molecule has 1 aliphatic heterocycles. The smallest absolute Gasteiger partial charge is 0.222 e. The van der Waals surface area contributed by atoms with E-state index >= 15 is 0 Å². The lowest BCUT2D eigenvalue weighted by molar-refractivity contribution is -0.122. The van der Waals surface area contributed by atoms with Gasteiger partial charge in [0, 0.05) is 26.6 Å². The van der Waals surface area contributed by atoms with Gasteiger partial charge < -0.3 is 10.6 Å². The highest BCUT2D eigenvalue weighted by Crippen LogP contribution is 2.20. The maximum absolute atomic E-state index is 12.7. The molecule has 0 aliphatic carbocycles. The lowest BCUT2D eigenvalue weighted by Gasteiger charge is -2.31. The molecule has 2 atom stereocenters. The second-order valence-corrected chi connectivity index (χ2v) is 8.40. The van der Waals surface area contributed by atoms with Gasteiger partial charge in [-0.1, -0.05) is 61.5 Å². The molecule has 2 amide bonds. The Hall–Kier alpha value is -2.66. The van der Waals surface area contributed by atoms with E-state index in [0.717, 1.165) is 36.7 Å². The predicted molar refractivity (Wildman–Crippen MR) is 120 cm³/mol. The Morgan fingerprint density at radius 1 is 1.07 bits per heavy atom. The summed E-state index contributed by atoms with van der Waals surface area (Å²) >= 11 is 0. The molecular weight excluding hydrogens is 374 g/mol. The maximum atomic E-state index is 12.7. The van der Waals surface area contributed by atoms with Gasteiger partial charge in [-0.05, 0) is 42.0 Å². The second kappa shape index (κ2) is 10.9. The average Bonchev–Trinajstić information content (AvgIpc) is 2.73. The van der Waals surface area contributed by atoms with E-state index in [2.05, 4.69) is 40.7 Å². The Kier molecular flexibility index (Phi) is 8.03. The van der Waals surface area contributed by atoms with E-state index in [1.54, 1.807) is 0 Å². The van der Waals surface area contributed by atoms with Crippen LogP contribution in [0.5, 0.6) is 0 Å². The van der Waals surface area contributed by atoms with Crippen molar-refractivity contribution in [1.82, 2.24) is 15.5 Å². The van der Waals surface area contributed by atoms with E-state index < -0.39 is 0 Å². The Morgan fingerprint density at radius 2 is 1.77 bits per heavy atom. The van der Waals surface area contributed by atoms with E-state index in [9.17, 15) is 9.59 Å². The Bertz CT molecular complexity index is 837. The van der Waals surface area contributed by atoms with Crippen molar-refractivity contribution < 1.29 is 9.59 Å². The molecule has 0 saturated carbocycles. The van der Waals surface area contributed by atoms with Gasteiger partial charge in [0.1, 0.15) is 0 Å². The maximum Gasteiger partial charge on any atom is 0.222 e. The van der Waals surface area contributed by atoms with Crippen LogP contribution in [0.1, 0.15) is 55.8 Å². The van der Waals surface area contributed by atoms with Crippen molar-refractivity contribution in [1.29, 1.82) is 0 Å². The molecule has 1 saturated heterocycles. The van der Waals surface area contributed by atoms with Gasteiger partial charge in [-0.15, -0.1) is 0 Å². The van der Waals surface area contributed by atoms with Crippen LogP contribution in [0, 0.1) is 5.92 Å². The molecule has 160 valence electrons. The van der Waals surface area contributed by atoms with E-state index in [1.165, 1.54) is 25.3 Å². The number of rotatable bonds is 8. The van der Waals surface area contributed by atoms with Crippen molar-refractivity contribution in [3.8, 4) is 0 Å². The molecule has 1 fully saturated rings. The zero-order valence-corrected chi connectivity index (χ0v) is 18.1. The fourth-order valence-electron chi connectivity index (χ4n) is 4.19. The Balaban J connectivity index is 1.59. The van der Waals surface area contributed by atoms with Gasteiger partial charge in [-0.25, -0.2) is 0 Å². The van der Waals surface area contributed by atoms with Gasteiger partial charge in [-0.2, -0.15) is 0 Å². The van der Waals surface area contributed by atoms with E-state index in [1.807, 2.05) is 36.4 Å². The molecule has 2 aromatic carbocycles. The van der Waals surface area contributed by atoms with Crippen molar-refractivity contribution >= 4 is 11.8 Å². The van der Waals surface area contributed by atoms with Crippen LogP contribution in [-0.2, 0) is 22.7 Å². The van der Waals surface area contributed by atoms with Gasteiger partial charge >= 0.3 is 0 Å². The number of likely N-dealkylation sites (tertiary alicyclic amines) is 1. The quantitative estimate of drug-likeness (QED) is 0.700. The average molecular weight is 408 g/mol. The third-order valence-electron chi connectivity index (χ3n) is 5.70. The SMILES string of the molecule is CC(=O)NC(CC(=O)NCc1ccccc1CN1CCCC(C)C1)c1ccccc1. The number of carbonyl (C=O) groups excluding carboxylic acids is 2. The number of hydrogen-bond acceptors (Lipinski definition) is 3. The molecule has 5 heteroatoms. The molecule has 0 radical (unpaired) electrons. The zero-order chi connectivity index (χ0) is 21.3. The molecule has 2 unspecified atom stereocenters. The predicted octanol–water partition coefficient (Wildman–Crippen LogP) is 3.80. The molecule has 3 rings (SSSR count). The van der Waals surface area contributed by atoms with Crippen LogP contribution in [0.2, 0.25) is 0 Å². The molecule has 1 heterocycles. The molecule has 2 aromatic rings. The van der Waals surface area contributed by atoms with Crippen LogP contribution in [-0.4, -0.2) is 29.8 Å². The second-order valence-electron chi connectivity index (χ2n) is 8.40. The van der Waals surface area contributed by atoms with Crippen LogP contribution in [0.15, 0.2) is 54.6 Å². The van der Waals surface area contributed by atoms with Gasteiger partial charge in [-0.3, -0.25) is 14.5 Å². The summed E-state index contributed by atoms with van der Waals surface area (Å²) in [5.74, 6) is 0.533. The van der Waals surface area contributed by atoms with Crippen LogP contribution in [0.4, 0.5) is 0 Å². The number of nitrogens with one attached hydrogen (secondary N) is 2. The Labute approximate surface area is 179 Å². The monoisotopic (exact) mass is 407 g/mol. The minimum Gasteiger partial charge on any atom is -0.352 e. The molecule has 2 N–H and O–H groups in total. The van der Waals surface area contributed by atoms with Crippen molar-refractivity contribution in [3.63, 3.8) is 0 Å². The molecule has 0 spiro atoms. The summed E-state index contributed by atoms with van der Waals surface area (Å²) in [7, 11) is 0. The first-order valence-corrected chi connectivity index (χ1v) is 10.9. The van der Waals surface area contributed by atoms with Crippen molar-refractivity contribution in [2.24, 2.45) is 5.92 Å². The van der Waals surface area contributed by atoms with Gasteiger partial charge in [0.25, 0.3) is 0 Å². The first kappa shape index (κ1) is 22.0. The van der Waals surface area contributed by atoms with Crippen molar-refractivity contribution in [2.75, 3.05) is 13.1 Å². The largest absolute Gasteiger partial charge is 0.352 e. The van der Waals surface area contributed by atoms with E-state index in [-0.39, 0.29) is 24.3 Å². The molecule has 30 heavy (non-hydrogen) atoms. The van der Waals surface area contributed by atoms with Crippen LogP contribution >= 0.6 is 0 Å². The number of carbonyl (C=O) groups is 2. The summed E-state index contributed by atoms with van der Waals surface area (Å²) in [4.78, 5) is 26.8. The third-order valence-corrected chi connectivity index (χ3v) is 5.70. The summed E-state index contributed by atoms with van der Waals surface area (Å²) in [6, 6.07) is 17.6. The van der Waals surface area contributed by atoms with Crippen LogP contribution in [0.3, 0.4) is 0 Å². The lowest BCUT2D eigenvalue weighted by Crippen LogP contribution is -2.34. The molecular formula is C25H33N3O2. The minimum atomic E-state index is -0.325. The minimum absolute atomic E-state index is 0.0704. The summed E-state index contributed by atoms with van der Waals surface area (Å²) in [6.45, 7) is 7.49. The van der Waals surface area contributed by atoms with Crippen molar-refractivity contribution in [3.05, 3.63) is 71.3 Å². The Morgan fingerprint density at radius 3 is 2.47 bits per heavy atom. The molecule has 0 aromatic heterocycles. The number of hydrogen-bond donors (Lipinski definition) is 2. The van der Waals surface area contributed by atoms with Gasteiger partial charge in [0.15, 0.2) is 0 Å². The first-order chi connectivity index (χ1) is 14.5. The summed E-state index contributed by atoms with van der Waals surface area (Å²) in [6.07, 6.45) is 2.78. The lowest BCUT2D eigenvalue weighted by atomic mass is 9.99. The molecule has 5 nitrogen and oxygen atoms in total. The third kappa shape index (κ3) is 6.70. The standard InChI is InChI=1S/C25H33N3O2/c1-19-9-8-14-28(17-19)18-23-13-7-6-12-22(23)16-26-25(30)15-24(27-20(2)29)21-10-4-3-5-11-21/h3-7,10-13,19,24H,8-9,14-18H2,1-2H3,(H,26,30)(H,27,29). The fraction of sp³-hybridized carbons (Fsp3) is 0.440. The number of benzene rings is 2. The highest BCUT2D eigenvalue weighted by molar-refractivity contribution is 5.79. The summed E-state index contributed by atoms with van der Waals surface area (Å²) in [5, 5.41) is 5.94. The highest BCUT2D eigenvalue weighted by Gasteiger charge is 2.19. The van der Waals surface area contributed by atoms with E-state index in [0.29, 0.717) is 6.54 Å². The normalized spacial score (nSPS) is 17.9. The number of amides is 2. The number of nitrogens with zero attached hydrogens (tertiary/aromatic N) is 1. The first-order valence-electron chi connectivity index (χ1n) is 10.9. The highest BCUT2D eigenvalue weighted by atomic mass is 16.2. The zero-order valence-electron chi connectivity index (χ0n) is 18.1.